The second-order valence-electron chi connectivity index (χ2n) is 6.82. The molecule has 0 bridgehead atoms. The van der Waals surface area contributed by atoms with Gasteiger partial charge in [0.15, 0.2) is 0 Å². The van der Waals surface area contributed by atoms with Gasteiger partial charge in [0.05, 0.1) is 13.2 Å². The van der Waals surface area contributed by atoms with Crippen molar-refractivity contribution in [3.8, 4) is 0 Å². The van der Waals surface area contributed by atoms with Gasteiger partial charge in [-0.3, -0.25) is 9.59 Å². The van der Waals surface area contributed by atoms with Crippen LogP contribution in [-0.4, -0.2) is 49.1 Å². The van der Waals surface area contributed by atoms with Crippen LogP contribution >= 0.6 is 0 Å². The molecule has 1 aliphatic rings. The highest BCUT2D eigenvalue weighted by Crippen LogP contribution is 2.11. The van der Waals surface area contributed by atoms with Crippen molar-refractivity contribution in [2.45, 2.75) is 39.2 Å². The molecule has 0 saturated carbocycles. The Bertz CT molecular complexity index is 586. The second-order valence-corrected chi connectivity index (χ2v) is 6.82. The SMILES string of the molecule is CC(C)CC(NC(=O)CCc1cccc(F)c1)C(=O)N1CCOCC1. The molecule has 1 saturated heterocycles. The first-order valence-electron chi connectivity index (χ1n) is 8.86. The largest absolute Gasteiger partial charge is 0.378 e. The molecular formula is C19H27FN2O3. The topological polar surface area (TPSA) is 58.6 Å². The number of aryl methyl sites for hydroxylation is 1. The molecule has 1 N–H and O–H groups in total. The van der Waals surface area contributed by atoms with Gasteiger partial charge < -0.3 is 15.0 Å². The van der Waals surface area contributed by atoms with Gasteiger partial charge in [-0.1, -0.05) is 26.0 Å². The van der Waals surface area contributed by atoms with Crippen molar-refractivity contribution in [2.24, 2.45) is 5.92 Å². The van der Waals surface area contributed by atoms with Gasteiger partial charge in [-0.25, -0.2) is 4.39 Å². The lowest BCUT2D eigenvalue weighted by molar-refractivity contribution is -0.140. The number of halogens is 1. The van der Waals surface area contributed by atoms with Gasteiger partial charge in [-0.15, -0.1) is 0 Å². The van der Waals surface area contributed by atoms with Crippen LogP contribution in [0.1, 0.15) is 32.3 Å². The fourth-order valence-corrected chi connectivity index (χ4v) is 2.91. The van der Waals surface area contributed by atoms with Gasteiger partial charge in [0.1, 0.15) is 11.9 Å². The Hall–Kier alpha value is -1.95. The lowest BCUT2D eigenvalue weighted by Crippen LogP contribution is -2.52. The summed E-state index contributed by atoms with van der Waals surface area (Å²) >= 11 is 0. The number of hydrogen-bond donors (Lipinski definition) is 1. The van der Waals surface area contributed by atoms with Crippen molar-refractivity contribution in [1.82, 2.24) is 10.2 Å². The highest BCUT2D eigenvalue weighted by atomic mass is 19.1. The molecule has 2 rings (SSSR count). The molecule has 1 unspecified atom stereocenters. The molecule has 0 aromatic heterocycles. The van der Waals surface area contributed by atoms with E-state index < -0.39 is 6.04 Å². The third-order valence-corrected chi connectivity index (χ3v) is 4.19. The summed E-state index contributed by atoms with van der Waals surface area (Å²) in [6.45, 7) is 6.25. The van der Waals surface area contributed by atoms with Crippen molar-refractivity contribution in [2.75, 3.05) is 26.3 Å². The lowest BCUT2D eigenvalue weighted by atomic mass is 10.0. The number of rotatable bonds is 7. The molecule has 6 heteroatoms. The van der Waals surface area contributed by atoms with Crippen molar-refractivity contribution >= 4 is 11.8 Å². The summed E-state index contributed by atoms with van der Waals surface area (Å²) in [4.78, 5) is 26.7. The summed E-state index contributed by atoms with van der Waals surface area (Å²) in [6, 6.07) is 5.71. The Morgan fingerprint density at radius 3 is 2.64 bits per heavy atom. The predicted octanol–water partition coefficient (Wildman–Crippen LogP) is 2.15. The Kier molecular flexibility index (Phi) is 7.37. The van der Waals surface area contributed by atoms with Crippen LogP contribution in [0.4, 0.5) is 4.39 Å². The summed E-state index contributed by atoms with van der Waals surface area (Å²) in [5.41, 5.74) is 0.773. The summed E-state index contributed by atoms with van der Waals surface area (Å²) < 4.78 is 18.5. The van der Waals surface area contributed by atoms with Crippen molar-refractivity contribution in [3.05, 3.63) is 35.6 Å². The molecule has 138 valence electrons. The number of benzene rings is 1. The number of nitrogens with one attached hydrogen (secondary N) is 1. The van der Waals surface area contributed by atoms with Gasteiger partial charge in [0.25, 0.3) is 0 Å². The number of hydrogen-bond acceptors (Lipinski definition) is 3. The zero-order valence-electron chi connectivity index (χ0n) is 15.0. The van der Waals surface area contributed by atoms with Crippen molar-refractivity contribution < 1.29 is 18.7 Å². The molecular weight excluding hydrogens is 323 g/mol. The number of nitrogens with zero attached hydrogens (tertiary/aromatic N) is 1. The van der Waals surface area contributed by atoms with Crippen LogP contribution in [-0.2, 0) is 20.7 Å². The standard InChI is InChI=1S/C19H27FN2O3/c1-14(2)12-17(19(24)22-8-10-25-11-9-22)21-18(23)7-6-15-4-3-5-16(20)13-15/h3-5,13-14,17H,6-12H2,1-2H3,(H,21,23). The van der Waals surface area contributed by atoms with E-state index in [-0.39, 0.29) is 24.1 Å². The normalized spacial score (nSPS) is 15.9. The summed E-state index contributed by atoms with van der Waals surface area (Å²) in [6.07, 6.45) is 1.28. The average molecular weight is 350 g/mol. The van der Waals surface area contributed by atoms with Crippen LogP contribution in [0.15, 0.2) is 24.3 Å². The summed E-state index contributed by atoms with van der Waals surface area (Å²) in [7, 11) is 0. The zero-order valence-corrected chi connectivity index (χ0v) is 15.0. The van der Waals surface area contributed by atoms with Gasteiger partial charge in [0, 0.05) is 19.5 Å². The molecule has 1 fully saturated rings. The van der Waals surface area contributed by atoms with Crippen molar-refractivity contribution in [1.29, 1.82) is 0 Å². The van der Waals surface area contributed by atoms with E-state index in [9.17, 15) is 14.0 Å². The molecule has 1 aromatic carbocycles. The van der Waals surface area contributed by atoms with Crippen LogP contribution in [0.2, 0.25) is 0 Å². The van der Waals surface area contributed by atoms with Crippen LogP contribution in [0.5, 0.6) is 0 Å². The summed E-state index contributed by atoms with van der Waals surface area (Å²) in [5, 5.41) is 2.87. The fraction of sp³-hybridized carbons (Fsp3) is 0.579. The van der Waals surface area contributed by atoms with Crippen LogP contribution in [0.3, 0.4) is 0 Å². The molecule has 1 aliphatic heterocycles. The number of morpholine rings is 1. The van der Waals surface area contributed by atoms with E-state index in [1.54, 1.807) is 17.0 Å². The van der Waals surface area contributed by atoms with Gasteiger partial charge in [-0.2, -0.15) is 0 Å². The van der Waals surface area contributed by atoms with Crippen LogP contribution < -0.4 is 5.32 Å². The van der Waals surface area contributed by atoms with Gasteiger partial charge >= 0.3 is 0 Å². The van der Waals surface area contributed by atoms with Crippen molar-refractivity contribution in [3.63, 3.8) is 0 Å². The van der Waals surface area contributed by atoms with Crippen LogP contribution in [0, 0.1) is 11.7 Å². The third kappa shape index (κ3) is 6.46. The third-order valence-electron chi connectivity index (χ3n) is 4.19. The van der Waals surface area contributed by atoms with E-state index in [0.717, 1.165) is 5.56 Å². The minimum Gasteiger partial charge on any atom is -0.378 e. The Morgan fingerprint density at radius 2 is 2.00 bits per heavy atom. The monoisotopic (exact) mass is 350 g/mol. The second kappa shape index (κ2) is 9.51. The molecule has 5 nitrogen and oxygen atoms in total. The molecule has 25 heavy (non-hydrogen) atoms. The number of carbonyl (C=O) groups excluding carboxylic acids is 2. The van der Waals surface area contributed by atoms with Gasteiger partial charge in [0.2, 0.25) is 11.8 Å². The van der Waals surface area contributed by atoms with E-state index in [1.165, 1.54) is 12.1 Å². The average Bonchev–Trinajstić information content (AvgIpc) is 2.59. The number of carbonyl (C=O) groups is 2. The van der Waals surface area contributed by atoms with E-state index in [1.807, 2.05) is 13.8 Å². The fourth-order valence-electron chi connectivity index (χ4n) is 2.91. The van der Waals surface area contributed by atoms with E-state index in [4.69, 9.17) is 4.74 Å². The highest BCUT2D eigenvalue weighted by Gasteiger charge is 2.27. The lowest BCUT2D eigenvalue weighted by Gasteiger charge is -2.31. The van der Waals surface area contributed by atoms with E-state index in [2.05, 4.69) is 5.32 Å². The quantitative estimate of drug-likeness (QED) is 0.820. The van der Waals surface area contributed by atoms with E-state index >= 15 is 0 Å². The first kappa shape index (κ1) is 19.4. The molecule has 1 atom stereocenters. The Morgan fingerprint density at radius 1 is 1.28 bits per heavy atom. The predicted molar refractivity (Wildman–Crippen MR) is 93.5 cm³/mol. The maximum atomic E-state index is 13.2. The summed E-state index contributed by atoms with van der Waals surface area (Å²) in [5.74, 6) is -0.246. The highest BCUT2D eigenvalue weighted by molar-refractivity contribution is 5.87. The van der Waals surface area contributed by atoms with Gasteiger partial charge in [-0.05, 0) is 36.5 Å². The molecule has 0 spiro atoms. The first-order chi connectivity index (χ1) is 12.0. The van der Waals surface area contributed by atoms with E-state index in [0.29, 0.717) is 45.1 Å². The Balaban J connectivity index is 1.91. The number of ether oxygens (including phenoxy) is 1. The minimum absolute atomic E-state index is 0.0453. The minimum atomic E-state index is -0.516. The molecule has 2 amide bonds. The van der Waals surface area contributed by atoms with Crippen LogP contribution in [0.25, 0.3) is 0 Å². The maximum Gasteiger partial charge on any atom is 0.245 e. The Labute approximate surface area is 148 Å². The smallest absolute Gasteiger partial charge is 0.245 e. The zero-order chi connectivity index (χ0) is 18.2. The molecule has 1 heterocycles. The number of amides is 2. The first-order valence-corrected chi connectivity index (χ1v) is 8.86. The maximum absolute atomic E-state index is 13.2. The molecule has 0 aliphatic carbocycles. The molecule has 0 radical (unpaired) electrons. The molecule has 1 aromatic rings.